The quantitative estimate of drug-likeness (QED) is 0.489. The molecule has 0 aromatic carbocycles. The molecule has 0 saturated heterocycles. The van der Waals surface area contributed by atoms with Crippen LogP contribution in [0.25, 0.3) is 0 Å². The van der Waals surface area contributed by atoms with Crippen molar-refractivity contribution in [2.75, 3.05) is 7.11 Å². The zero-order chi connectivity index (χ0) is 3.41. The fraction of sp³-hybridized carbons (Fsp3) is 1.00. The minimum Gasteiger partial charge on any atom is -0.344 e. The summed E-state index contributed by atoms with van der Waals surface area (Å²) in [5.41, 5.74) is 0. The molecule has 4 heteroatoms. The van der Waals surface area contributed by atoms with Gasteiger partial charge >= 0.3 is 8.69 Å². The fourth-order valence-corrected chi connectivity index (χ4v) is 0. The summed E-state index contributed by atoms with van der Waals surface area (Å²) in [7, 11) is 0.771. The molecule has 1 atom stereocenters. The van der Waals surface area contributed by atoms with Gasteiger partial charge < -0.3 is 6.15 Å². The Morgan fingerprint density at radius 1 is 1.80 bits per heavy atom. The Kier molecular flexibility index (Phi) is 16.0. The fourth-order valence-electron chi connectivity index (χ4n) is 0. The average molecular weight is 96.0 g/mol. The largest absolute Gasteiger partial charge is 0.493 e. The summed E-state index contributed by atoms with van der Waals surface area (Å²) in [5, 5.41) is 0. The number of hydrogen-bond acceptors (Lipinski definition) is 3. The first-order valence-corrected chi connectivity index (χ1v) is 1.63. The molecule has 0 spiro atoms. The smallest absolute Gasteiger partial charge is 0.344 e. The van der Waals surface area contributed by atoms with Gasteiger partial charge in [0, 0.05) is 0 Å². The lowest BCUT2D eigenvalue weighted by molar-refractivity contribution is 0.433. The van der Waals surface area contributed by atoms with Crippen LogP contribution < -0.4 is 6.15 Å². The highest BCUT2D eigenvalue weighted by molar-refractivity contribution is 7.17. The monoisotopic (exact) mass is 96.0 g/mol. The molecule has 0 heterocycles. The van der Waals surface area contributed by atoms with Gasteiger partial charge in [0.05, 0.1) is 7.11 Å². The lowest BCUT2D eigenvalue weighted by Crippen LogP contribution is -1.42. The molecular formula is CH7NO2P+. The van der Waals surface area contributed by atoms with Crippen LogP contribution in [0.2, 0.25) is 0 Å². The molecule has 0 amide bonds. The molecule has 0 aliphatic rings. The SMILES string of the molecule is CO[PH+]=O.N. The summed E-state index contributed by atoms with van der Waals surface area (Å²) in [6, 6.07) is 0. The molecule has 0 aliphatic carbocycles. The van der Waals surface area contributed by atoms with Gasteiger partial charge in [0.25, 0.3) is 0 Å². The van der Waals surface area contributed by atoms with Crippen LogP contribution in [0, 0.1) is 0 Å². The third kappa shape index (κ3) is 15.8. The molecule has 0 aliphatic heterocycles. The van der Waals surface area contributed by atoms with E-state index in [-0.39, 0.29) is 6.15 Å². The van der Waals surface area contributed by atoms with Crippen LogP contribution in [-0.4, -0.2) is 7.11 Å². The van der Waals surface area contributed by atoms with Gasteiger partial charge in [-0.3, -0.25) is 0 Å². The highest BCUT2D eigenvalue weighted by Crippen LogP contribution is 1.83. The number of hydrogen-bond donors (Lipinski definition) is 1. The van der Waals surface area contributed by atoms with E-state index in [1.165, 1.54) is 7.11 Å². The van der Waals surface area contributed by atoms with Crippen molar-refractivity contribution in [1.29, 1.82) is 0 Å². The molecule has 0 saturated carbocycles. The summed E-state index contributed by atoms with van der Waals surface area (Å²) < 4.78 is 13.1. The van der Waals surface area contributed by atoms with Gasteiger partial charge in [0.2, 0.25) is 0 Å². The standard InChI is InChI=1S/CH4O2P.H3N/c1-3-4-2;/h4H,1H3;1H3/q+1;. The Morgan fingerprint density at radius 3 is 2.00 bits per heavy atom. The Morgan fingerprint density at radius 2 is 2.00 bits per heavy atom. The molecule has 3 nitrogen and oxygen atoms in total. The highest BCUT2D eigenvalue weighted by Gasteiger charge is 1.65. The van der Waals surface area contributed by atoms with Gasteiger partial charge in [0.15, 0.2) is 0 Å². The van der Waals surface area contributed by atoms with Crippen LogP contribution in [-0.2, 0) is 9.09 Å². The minimum atomic E-state index is -0.610. The maximum atomic E-state index is 9.10. The van der Waals surface area contributed by atoms with E-state index in [2.05, 4.69) is 4.52 Å². The van der Waals surface area contributed by atoms with Crippen LogP contribution in [0.1, 0.15) is 0 Å². The third-order valence-corrected chi connectivity index (χ3v) is 0.250. The molecule has 0 rings (SSSR count). The summed E-state index contributed by atoms with van der Waals surface area (Å²) >= 11 is 0. The second-order valence-electron chi connectivity index (χ2n) is 0.287. The number of rotatable bonds is 1. The van der Waals surface area contributed by atoms with Gasteiger partial charge in [-0.2, -0.15) is 4.52 Å². The van der Waals surface area contributed by atoms with E-state index < -0.39 is 8.69 Å². The average Bonchev–Trinajstić information content (AvgIpc) is 1.37. The van der Waals surface area contributed by atoms with Gasteiger partial charge in [-0.05, 0) is 4.57 Å². The second-order valence-corrected chi connectivity index (χ2v) is 0.862. The Hall–Kier alpha value is 0.0200. The van der Waals surface area contributed by atoms with E-state index in [0.29, 0.717) is 0 Å². The maximum Gasteiger partial charge on any atom is 0.493 e. The van der Waals surface area contributed by atoms with Crippen molar-refractivity contribution in [1.82, 2.24) is 6.15 Å². The van der Waals surface area contributed by atoms with Crippen molar-refractivity contribution in [3.63, 3.8) is 0 Å². The van der Waals surface area contributed by atoms with E-state index >= 15 is 0 Å². The molecule has 0 aromatic rings. The molecule has 1 unspecified atom stereocenters. The Bertz CT molecular complexity index is 23.6. The van der Waals surface area contributed by atoms with E-state index in [1.54, 1.807) is 0 Å². The first-order chi connectivity index (χ1) is 1.91. The van der Waals surface area contributed by atoms with Crippen molar-refractivity contribution in [2.24, 2.45) is 0 Å². The molecule has 5 heavy (non-hydrogen) atoms. The van der Waals surface area contributed by atoms with Crippen molar-refractivity contribution in [3.05, 3.63) is 0 Å². The van der Waals surface area contributed by atoms with Gasteiger partial charge in [0.1, 0.15) is 0 Å². The maximum absolute atomic E-state index is 9.10. The van der Waals surface area contributed by atoms with E-state index in [1.807, 2.05) is 0 Å². The third-order valence-electron chi connectivity index (χ3n) is 0.0833. The van der Waals surface area contributed by atoms with Crippen molar-refractivity contribution in [2.45, 2.75) is 0 Å². The van der Waals surface area contributed by atoms with Crippen molar-refractivity contribution in [3.8, 4) is 0 Å². The molecule has 0 bridgehead atoms. The summed E-state index contributed by atoms with van der Waals surface area (Å²) in [5.74, 6) is 0. The van der Waals surface area contributed by atoms with Crippen molar-refractivity contribution >= 4 is 8.69 Å². The zero-order valence-electron chi connectivity index (χ0n) is 3.02. The predicted octanol–water partition coefficient (Wildman–Crippen LogP) is 0.734. The minimum absolute atomic E-state index is 0. The first-order valence-electron chi connectivity index (χ1n) is 0.816. The highest BCUT2D eigenvalue weighted by atomic mass is 31.1. The molecule has 3 N–H and O–H groups in total. The van der Waals surface area contributed by atoms with Crippen LogP contribution in [0.15, 0.2) is 0 Å². The summed E-state index contributed by atoms with van der Waals surface area (Å²) in [6.07, 6.45) is 0. The second kappa shape index (κ2) is 8.99. The van der Waals surface area contributed by atoms with Crippen LogP contribution >= 0.6 is 8.69 Å². The summed E-state index contributed by atoms with van der Waals surface area (Å²) in [6.45, 7) is 0. The molecule has 0 radical (unpaired) electrons. The normalized spacial score (nSPS) is 6.60. The molecule has 0 fully saturated rings. The van der Waals surface area contributed by atoms with Gasteiger partial charge in [-0.15, -0.1) is 0 Å². The van der Waals surface area contributed by atoms with Crippen LogP contribution in [0.5, 0.6) is 0 Å². The van der Waals surface area contributed by atoms with Crippen LogP contribution in [0.4, 0.5) is 0 Å². The van der Waals surface area contributed by atoms with Gasteiger partial charge in [-0.25, -0.2) is 0 Å². The van der Waals surface area contributed by atoms with E-state index in [0.717, 1.165) is 0 Å². The zero-order valence-corrected chi connectivity index (χ0v) is 4.02. The topological polar surface area (TPSA) is 61.3 Å². The Labute approximate surface area is 32.2 Å². The molecule has 32 valence electrons. The van der Waals surface area contributed by atoms with Crippen LogP contribution in [0.3, 0.4) is 0 Å². The molecule has 0 aromatic heterocycles. The first kappa shape index (κ1) is 8.89. The Balaban J connectivity index is 0. The molecular weight excluding hydrogens is 89.0 g/mol. The predicted molar refractivity (Wildman–Crippen MR) is 21.0 cm³/mol. The lowest BCUT2D eigenvalue weighted by Gasteiger charge is -1.44. The van der Waals surface area contributed by atoms with Gasteiger partial charge in [-0.1, -0.05) is 0 Å². The lowest BCUT2D eigenvalue weighted by atomic mass is 11.8. The van der Waals surface area contributed by atoms with Crippen molar-refractivity contribution < 1.29 is 9.09 Å². The van der Waals surface area contributed by atoms with E-state index in [9.17, 15) is 0 Å². The van der Waals surface area contributed by atoms with E-state index in [4.69, 9.17) is 4.57 Å². The summed E-state index contributed by atoms with van der Waals surface area (Å²) in [4.78, 5) is 0.